The van der Waals surface area contributed by atoms with E-state index in [0.29, 0.717) is 5.02 Å². The second-order valence-corrected chi connectivity index (χ2v) is 9.42. The van der Waals surface area contributed by atoms with Crippen LogP contribution >= 0.6 is 11.6 Å². The summed E-state index contributed by atoms with van der Waals surface area (Å²) in [5.41, 5.74) is 7.26. The number of rotatable bonds is 5. The van der Waals surface area contributed by atoms with Gasteiger partial charge in [-0.3, -0.25) is 4.79 Å². The van der Waals surface area contributed by atoms with Crippen molar-refractivity contribution < 1.29 is 14.6 Å². The first-order valence-electron chi connectivity index (χ1n) is 11.7. The van der Waals surface area contributed by atoms with Crippen LogP contribution in [0.15, 0.2) is 43.0 Å². The van der Waals surface area contributed by atoms with Crippen LogP contribution < -0.4 is 0 Å². The summed E-state index contributed by atoms with van der Waals surface area (Å²) in [6.45, 7) is 20.2. The number of halogens is 1. The smallest absolute Gasteiger partial charge is 0.310 e. The van der Waals surface area contributed by atoms with Gasteiger partial charge >= 0.3 is 5.97 Å². The van der Waals surface area contributed by atoms with Gasteiger partial charge in [0.25, 0.3) is 0 Å². The number of aromatic nitrogens is 1. The van der Waals surface area contributed by atoms with Gasteiger partial charge in [-0.05, 0) is 87.6 Å². The van der Waals surface area contributed by atoms with Crippen LogP contribution in [0, 0.1) is 20.8 Å². The summed E-state index contributed by atoms with van der Waals surface area (Å²) in [6, 6.07) is 9.97. The van der Waals surface area contributed by atoms with Crippen LogP contribution in [0.5, 0.6) is 0 Å². The number of fused-ring (bicyclic) bond motifs is 1. The summed E-state index contributed by atoms with van der Waals surface area (Å²) >= 11 is 6.10. The Balaban J connectivity index is 0.000000733. The van der Waals surface area contributed by atoms with Gasteiger partial charge in [0.15, 0.2) is 0 Å². The number of carbonyl (C=O) groups is 1. The molecule has 0 saturated carbocycles. The lowest BCUT2D eigenvalue weighted by atomic mass is 9.88. The zero-order valence-electron chi connectivity index (χ0n) is 22.2. The highest BCUT2D eigenvalue weighted by Crippen LogP contribution is 2.39. The fourth-order valence-corrected chi connectivity index (χ4v) is 3.90. The van der Waals surface area contributed by atoms with E-state index in [0.717, 1.165) is 39.9 Å². The molecule has 0 fully saturated rings. The molecule has 0 aliphatic carbocycles. The highest BCUT2D eigenvalue weighted by molar-refractivity contribution is 6.30. The Hall–Kier alpha value is -2.56. The first kappa shape index (κ1) is 29.5. The van der Waals surface area contributed by atoms with Gasteiger partial charge in [-0.2, -0.15) is 0 Å². The van der Waals surface area contributed by atoms with Crippen molar-refractivity contribution in [1.82, 2.24) is 4.57 Å². The summed E-state index contributed by atoms with van der Waals surface area (Å²) in [7, 11) is 1.43. The number of benzene rings is 2. The van der Waals surface area contributed by atoms with E-state index in [2.05, 4.69) is 38.0 Å². The molecule has 1 N–H and O–H groups in total. The molecule has 1 aromatic heterocycles. The molecule has 0 saturated heterocycles. The molecule has 34 heavy (non-hydrogen) atoms. The molecule has 0 radical (unpaired) electrons. The number of nitrogens with zero attached hydrogens (tertiary/aromatic N) is 1. The molecule has 0 aliphatic heterocycles. The van der Waals surface area contributed by atoms with E-state index in [1.54, 1.807) is 20.8 Å². The minimum atomic E-state index is -0.500. The Morgan fingerprint density at radius 2 is 1.65 bits per heavy atom. The maximum atomic E-state index is 12.1. The lowest BCUT2D eigenvalue weighted by molar-refractivity contribution is -0.139. The molecule has 0 atom stereocenters. The molecule has 186 valence electrons. The number of aryl methyl sites for hydroxylation is 2. The highest BCUT2D eigenvalue weighted by Gasteiger charge is 2.21. The molecular weight excluding hydrogens is 446 g/mol. The van der Waals surface area contributed by atoms with Gasteiger partial charge in [0.2, 0.25) is 0 Å². The third kappa shape index (κ3) is 7.48. The zero-order valence-corrected chi connectivity index (χ0v) is 22.9. The fraction of sp³-hybridized carbons (Fsp3) is 0.414. The first-order valence-corrected chi connectivity index (χ1v) is 12.0. The predicted molar refractivity (Wildman–Crippen MR) is 146 cm³/mol. The third-order valence-electron chi connectivity index (χ3n) is 5.24. The van der Waals surface area contributed by atoms with E-state index in [9.17, 15) is 4.79 Å². The number of carbonyl (C=O) groups excluding carboxylic acids is 1. The van der Waals surface area contributed by atoms with Crippen LogP contribution in [-0.4, -0.2) is 28.4 Å². The van der Waals surface area contributed by atoms with Crippen molar-refractivity contribution in [1.29, 1.82) is 0 Å². The topological polar surface area (TPSA) is 51.5 Å². The third-order valence-corrected chi connectivity index (χ3v) is 5.49. The van der Waals surface area contributed by atoms with E-state index < -0.39 is 5.60 Å². The van der Waals surface area contributed by atoms with E-state index in [4.69, 9.17) is 21.4 Å². The molecule has 0 amide bonds. The van der Waals surface area contributed by atoms with Crippen molar-refractivity contribution in [3.05, 3.63) is 70.4 Å². The quantitative estimate of drug-likeness (QED) is 0.299. The number of hydrogen-bond acceptors (Lipinski definition) is 3. The zero-order chi connectivity index (χ0) is 26.2. The Morgan fingerprint density at radius 1 is 1.12 bits per heavy atom. The molecule has 0 unspecified atom stereocenters. The van der Waals surface area contributed by atoms with Crippen LogP contribution in [0.4, 0.5) is 0 Å². The normalized spacial score (nSPS) is 10.7. The van der Waals surface area contributed by atoms with Gasteiger partial charge in [0.1, 0.15) is 0 Å². The molecule has 3 aromatic rings. The predicted octanol–water partition coefficient (Wildman–Crippen LogP) is 7.59. The molecule has 3 rings (SSSR count). The van der Waals surface area contributed by atoms with Crippen molar-refractivity contribution >= 4 is 28.5 Å². The van der Waals surface area contributed by atoms with E-state index in [-0.39, 0.29) is 12.4 Å². The number of methoxy groups -OCH3 is 1. The van der Waals surface area contributed by atoms with Crippen LogP contribution in [0.2, 0.25) is 5.02 Å². The summed E-state index contributed by atoms with van der Waals surface area (Å²) in [6.07, 6.45) is 2.15. The van der Waals surface area contributed by atoms with Crippen molar-refractivity contribution in [3.63, 3.8) is 0 Å². The number of allylic oxidation sites excluding steroid dienone is 1. The lowest BCUT2D eigenvalue weighted by Gasteiger charge is -2.18. The maximum Gasteiger partial charge on any atom is 0.310 e. The average Bonchev–Trinajstić information content (AvgIpc) is 3.09. The highest BCUT2D eigenvalue weighted by atomic mass is 35.5. The molecule has 1 heterocycles. The monoisotopic (exact) mass is 485 g/mol. The number of hydrogen-bond donors (Lipinski definition) is 1. The average molecular weight is 486 g/mol. The van der Waals surface area contributed by atoms with Gasteiger partial charge in [0.05, 0.1) is 24.6 Å². The Labute approximate surface area is 210 Å². The Kier molecular flexibility index (Phi) is 11.1. The standard InChI is InChI=1S/C23H24ClNO2.C4H10O.C2H6/c1-6-11-25-14(2)12-20-22(17-7-9-18(24)10-8-17)19(13-21(26)27-5)15(3)16(4)23(20)25;1-4(2,3)5;1-2/h6-10,12H,1,11,13H2,2-5H3;5H,1-3H3;1-2H3. The van der Waals surface area contributed by atoms with E-state index in [1.807, 2.05) is 44.2 Å². The van der Waals surface area contributed by atoms with E-state index >= 15 is 0 Å². The molecule has 4 nitrogen and oxygen atoms in total. The van der Waals surface area contributed by atoms with Crippen LogP contribution in [0.3, 0.4) is 0 Å². The van der Waals surface area contributed by atoms with Gasteiger partial charge in [0, 0.05) is 22.6 Å². The first-order chi connectivity index (χ1) is 15.9. The number of ether oxygens (including phenoxy) is 1. The van der Waals surface area contributed by atoms with Gasteiger partial charge in [-0.25, -0.2) is 0 Å². The SMILES string of the molecule is C=CCn1c(C)cc2c(-c3ccc(Cl)cc3)c(CC(=O)OC)c(C)c(C)c21.CC.CC(C)(C)O. The van der Waals surface area contributed by atoms with Crippen molar-refractivity contribution in [2.24, 2.45) is 0 Å². The minimum Gasteiger partial charge on any atom is -0.469 e. The Morgan fingerprint density at radius 3 is 2.12 bits per heavy atom. The van der Waals surface area contributed by atoms with Gasteiger partial charge in [-0.15, -0.1) is 6.58 Å². The van der Waals surface area contributed by atoms with Gasteiger partial charge < -0.3 is 14.4 Å². The van der Waals surface area contributed by atoms with Crippen molar-refractivity contribution in [2.75, 3.05) is 7.11 Å². The van der Waals surface area contributed by atoms with Crippen molar-refractivity contribution in [2.45, 2.75) is 74.0 Å². The Bertz CT molecular complexity index is 1110. The molecule has 0 spiro atoms. The maximum absolute atomic E-state index is 12.1. The molecule has 5 heteroatoms. The fourth-order valence-electron chi connectivity index (χ4n) is 3.77. The number of esters is 1. The van der Waals surface area contributed by atoms with Crippen LogP contribution in [0.1, 0.15) is 57.0 Å². The van der Waals surface area contributed by atoms with Crippen LogP contribution in [0.25, 0.3) is 22.0 Å². The second kappa shape index (κ2) is 12.8. The molecule has 0 bridgehead atoms. The lowest BCUT2D eigenvalue weighted by Crippen LogP contribution is -2.10. The molecule has 0 aliphatic rings. The van der Waals surface area contributed by atoms with Crippen molar-refractivity contribution in [3.8, 4) is 11.1 Å². The minimum absolute atomic E-state index is 0.239. The second-order valence-electron chi connectivity index (χ2n) is 8.98. The summed E-state index contributed by atoms with van der Waals surface area (Å²) in [5, 5.41) is 10.3. The number of aliphatic hydroxyl groups is 1. The largest absolute Gasteiger partial charge is 0.469 e. The van der Waals surface area contributed by atoms with E-state index in [1.165, 1.54) is 18.2 Å². The molecule has 2 aromatic carbocycles. The summed E-state index contributed by atoms with van der Waals surface area (Å²) in [4.78, 5) is 12.1. The van der Waals surface area contributed by atoms with Gasteiger partial charge in [-0.1, -0.05) is 43.7 Å². The summed E-state index contributed by atoms with van der Waals surface area (Å²) < 4.78 is 7.23. The summed E-state index contributed by atoms with van der Waals surface area (Å²) in [5.74, 6) is -0.241. The molecular formula is C29H40ClNO3. The van der Waals surface area contributed by atoms with Crippen LogP contribution in [-0.2, 0) is 22.5 Å².